The minimum Gasteiger partial charge on any atom is -0.497 e. The second-order valence-corrected chi connectivity index (χ2v) is 7.15. The van der Waals surface area contributed by atoms with Gasteiger partial charge in [-0.3, -0.25) is 4.79 Å². The highest BCUT2D eigenvalue weighted by atomic mass is 127. The van der Waals surface area contributed by atoms with E-state index in [4.69, 9.17) is 14.2 Å². The number of halogens is 1. The minimum absolute atomic E-state index is 0.0143. The van der Waals surface area contributed by atoms with Gasteiger partial charge in [-0.05, 0) is 71.0 Å². The average Bonchev–Trinajstić information content (AvgIpc) is 2.75. The maximum Gasteiger partial charge on any atom is 0.344 e. The first-order chi connectivity index (χ1) is 14.5. The Bertz CT molecular complexity index is 964. The molecule has 0 aliphatic rings. The molecule has 30 heavy (non-hydrogen) atoms. The zero-order valence-corrected chi connectivity index (χ0v) is 18.8. The van der Waals surface area contributed by atoms with Gasteiger partial charge < -0.3 is 19.5 Å². The van der Waals surface area contributed by atoms with Gasteiger partial charge in [0.2, 0.25) is 0 Å². The summed E-state index contributed by atoms with van der Waals surface area (Å²) in [5, 5.41) is 12.1. The average molecular weight is 520 g/mol. The molecule has 2 rings (SSSR count). The van der Waals surface area contributed by atoms with Gasteiger partial charge in [0.05, 0.1) is 17.3 Å². The number of nitriles is 1. The molecule has 0 aliphatic carbocycles. The summed E-state index contributed by atoms with van der Waals surface area (Å²) < 4.78 is 16.1. The van der Waals surface area contributed by atoms with Crippen molar-refractivity contribution < 1.29 is 23.8 Å². The Kier molecular flexibility index (Phi) is 9.15. The summed E-state index contributed by atoms with van der Waals surface area (Å²) in [7, 11) is 1.58. The monoisotopic (exact) mass is 520 g/mol. The molecule has 0 bridgehead atoms. The number of nitrogens with one attached hydrogen (secondary N) is 1. The maximum absolute atomic E-state index is 12.4. The van der Waals surface area contributed by atoms with E-state index in [1.54, 1.807) is 44.4 Å². The number of carbonyl (C=O) groups excluding carboxylic acids is 2. The Morgan fingerprint density at radius 1 is 1.20 bits per heavy atom. The fraction of sp³-hybridized carbons (Fsp3) is 0.227. The van der Waals surface area contributed by atoms with E-state index in [1.165, 1.54) is 6.08 Å². The molecule has 7 nitrogen and oxygen atoms in total. The minimum atomic E-state index is -0.467. The third-order valence-electron chi connectivity index (χ3n) is 3.89. The van der Waals surface area contributed by atoms with Gasteiger partial charge in [-0.1, -0.05) is 18.2 Å². The van der Waals surface area contributed by atoms with Crippen molar-refractivity contribution >= 4 is 40.5 Å². The Morgan fingerprint density at radius 2 is 1.93 bits per heavy atom. The third-order valence-corrected chi connectivity index (χ3v) is 4.74. The van der Waals surface area contributed by atoms with Crippen molar-refractivity contribution in [1.82, 2.24) is 5.32 Å². The second-order valence-electron chi connectivity index (χ2n) is 5.98. The normalized spacial score (nSPS) is 10.7. The molecular weight excluding hydrogens is 499 g/mol. The highest BCUT2D eigenvalue weighted by Crippen LogP contribution is 2.23. The Balaban J connectivity index is 2.01. The van der Waals surface area contributed by atoms with E-state index in [0.29, 0.717) is 24.5 Å². The molecule has 2 aromatic carbocycles. The van der Waals surface area contributed by atoms with Crippen molar-refractivity contribution in [2.24, 2.45) is 0 Å². The number of benzene rings is 2. The standard InChI is InChI=1S/C22H21IN2O5/c1-3-29-21(26)14-30-20-9-6-16(11-19(20)23)10-17(12-24)22(27)25-13-15-4-7-18(28-2)8-5-15/h4-11H,3,13-14H2,1-2H3,(H,25,27)/b17-10-. The quantitative estimate of drug-likeness (QED) is 0.236. The molecule has 0 unspecified atom stereocenters. The number of hydrogen-bond donors (Lipinski definition) is 1. The summed E-state index contributed by atoms with van der Waals surface area (Å²) in [6.45, 7) is 2.12. The molecule has 0 spiro atoms. The molecule has 1 N–H and O–H groups in total. The number of hydrogen-bond acceptors (Lipinski definition) is 6. The summed E-state index contributed by atoms with van der Waals surface area (Å²) in [4.78, 5) is 23.8. The molecule has 0 aliphatic heterocycles. The van der Waals surface area contributed by atoms with Crippen LogP contribution < -0.4 is 14.8 Å². The maximum atomic E-state index is 12.4. The molecule has 0 radical (unpaired) electrons. The fourth-order valence-corrected chi connectivity index (χ4v) is 3.09. The zero-order chi connectivity index (χ0) is 21.9. The molecule has 0 saturated carbocycles. The van der Waals surface area contributed by atoms with Crippen molar-refractivity contribution in [1.29, 1.82) is 5.26 Å². The van der Waals surface area contributed by atoms with E-state index in [9.17, 15) is 14.9 Å². The number of carbonyl (C=O) groups is 2. The highest BCUT2D eigenvalue weighted by molar-refractivity contribution is 14.1. The van der Waals surface area contributed by atoms with Crippen molar-refractivity contribution in [2.45, 2.75) is 13.5 Å². The van der Waals surface area contributed by atoms with Crippen LogP contribution in [0.15, 0.2) is 48.0 Å². The van der Waals surface area contributed by atoms with Crippen LogP contribution >= 0.6 is 22.6 Å². The van der Waals surface area contributed by atoms with E-state index >= 15 is 0 Å². The van der Waals surface area contributed by atoms with Crippen LogP contribution in [0.3, 0.4) is 0 Å². The molecule has 2 aromatic rings. The van der Waals surface area contributed by atoms with Crippen molar-refractivity contribution in [3.8, 4) is 17.6 Å². The predicted octanol–water partition coefficient (Wildman–Crippen LogP) is 3.47. The number of amides is 1. The topological polar surface area (TPSA) is 97.7 Å². The Morgan fingerprint density at radius 3 is 2.53 bits per heavy atom. The van der Waals surface area contributed by atoms with Gasteiger partial charge in [0, 0.05) is 6.54 Å². The van der Waals surface area contributed by atoms with E-state index in [2.05, 4.69) is 27.9 Å². The van der Waals surface area contributed by atoms with Crippen LogP contribution in [0.2, 0.25) is 0 Å². The van der Waals surface area contributed by atoms with Gasteiger partial charge in [0.15, 0.2) is 6.61 Å². The van der Waals surface area contributed by atoms with Gasteiger partial charge in [-0.25, -0.2) is 4.79 Å². The van der Waals surface area contributed by atoms with Gasteiger partial charge >= 0.3 is 5.97 Å². The first kappa shape index (κ1) is 23.2. The van der Waals surface area contributed by atoms with Crippen LogP contribution in [0.5, 0.6) is 11.5 Å². The van der Waals surface area contributed by atoms with Crippen molar-refractivity contribution in [3.63, 3.8) is 0 Å². The van der Waals surface area contributed by atoms with Gasteiger partial charge in [-0.2, -0.15) is 5.26 Å². The lowest BCUT2D eigenvalue weighted by Gasteiger charge is -2.09. The first-order valence-electron chi connectivity index (χ1n) is 9.07. The van der Waals surface area contributed by atoms with Crippen LogP contribution in [0, 0.1) is 14.9 Å². The second kappa shape index (κ2) is 11.8. The predicted molar refractivity (Wildman–Crippen MR) is 120 cm³/mol. The van der Waals surface area contributed by atoms with Crippen LogP contribution in [0.25, 0.3) is 6.08 Å². The summed E-state index contributed by atoms with van der Waals surface area (Å²) in [5.41, 5.74) is 1.54. The van der Waals surface area contributed by atoms with Crippen LogP contribution in [0.4, 0.5) is 0 Å². The summed E-state index contributed by atoms with van der Waals surface area (Å²) in [6.07, 6.45) is 1.50. The molecule has 0 saturated heterocycles. The molecule has 0 heterocycles. The van der Waals surface area contributed by atoms with Crippen LogP contribution in [0.1, 0.15) is 18.1 Å². The van der Waals surface area contributed by atoms with Crippen LogP contribution in [-0.2, 0) is 20.9 Å². The van der Waals surface area contributed by atoms with Crippen molar-refractivity contribution in [3.05, 3.63) is 62.7 Å². The number of esters is 1. The van der Waals surface area contributed by atoms with Gasteiger partial charge in [0.25, 0.3) is 5.91 Å². The lowest BCUT2D eigenvalue weighted by atomic mass is 10.1. The molecule has 0 aromatic heterocycles. The molecule has 0 fully saturated rings. The largest absolute Gasteiger partial charge is 0.497 e. The number of methoxy groups -OCH3 is 1. The summed E-state index contributed by atoms with van der Waals surface area (Å²) in [6, 6.07) is 14.4. The van der Waals surface area contributed by atoms with E-state index in [0.717, 1.165) is 14.9 Å². The number of nitrogens with zero attached hydrogens (tertiary/aromatic N) is 1. The van der Waals surface area contributed by atoms with E-state index in [-0.39, 0.29) is 12.2 Å². The SMILES string of the molecule is CCOC(=O)COc1ccc(/C=C(/C#N)C(=O)NCc2ccc(OC)cc2)cc1I. The van der Waals surface area contributed by atoms with E-state index in [1.807, 2.05) is 18.2 Å². The van der Waals surface area contributed by atoms with E-state index < -0.39 is 11.9 Å². The molecule has 8 heteroatoms. The Hall–Kier alpha value is -3.06. The van der Waals surface area contributed by atoms with Gasteiger partial charge in [0.1, 0.15) is 23.1 Å². The molecule has 1 amide bonds. The Labute approximate surface area is 188 Å². The fourth-order valence-electron chi connectivity index (χ4n) is 2.40. The third kappa shape index (κ3) is 7.08. The summed E-state index contributed by atoms with van der Waals surface area (Å²) >= 11 is 2.06. The highest BCUT2D eigenvalue weighted by Gasteiger charge is 2.11. The zero-order valence-electron chi connectivity index (χ0n) is 16.6. The molecule has 0 atom stereocenters. The smallest absolute Gasteiger partial charge is 0.344 e. The van der Waals surface area contributed by atoms with Gasteiger partial charge in [-0.15, -0.1) is 0 Å². The van der Waals surface area contributed by atoms with Crippen molar-refractivity contribution in [2.75, 3.05) is 20.3 Å². The molecular formula is C22H21IN2O5. The van der Waals surface area contributed by atoms with Crippen LogP contribution in [-0.4, -0.2) is 32.2 Å². The lowest BCUT2D eigenvalue weighted by Crippen LogP contribution is -2.23. The number of rotatable bonds is 9. The lowest BCUT2D eigenvalue weighted by molar-refractivity contribution is -0.145. The molecule has 156 valence electrons. The number of ether oxygens (including phenoxy) is 3. The first-order valence-corrected chi connectivity index (χ1v) is 10.2. The summed E-state index contributed by atoms with van der Waals surface area (Å²) in [5.74, 6) is 0.332.